The number of anilines is 3. The summed E-state index contributed by atoms with van der Waals surface area (Å²) in [6.07, 6.45) is 0. The van der Waals surface area contributed by atoms with E-state index in [2.05, 4.69) is 10.0 Å². The molecule has 0 aromatic heterocycles. The van der Waals surface area contributed by atoms with E-state index in [1.165, 1.54) is 84.9 Å². The summed E-state index contributed by atoms with van der Waals surface area (Å²) in [5, 5.41) is 14.3. The first-order chi connectivity index (χ1) is 19.4. The first-order valence-corrected chi connectivity index (χ1v) is 15.3. The Morgan fingerprint density at radius 2 is 1.44 bits per heavy atom. The van der Waals surface area contributed by atoms with Crippen LogP contribution < -0.4 is 14.3 Å². The fourth-order valence-electron chi connectivity index (χ4n) is 3.68. The molecule has 4 aromatic rings. The molecule has 0 unspecified atom stereocenters. The molecule has 4 rings (SSSR count). The number of benzene rings is 4. The minimum atomic E-state index is -4.40. The number of nitrogens with zero attached hydrogens (tertiary/aromatic N) is 2. The molecule has 4 aromatic carbocycles. The average Bonchev–Trinajstić information content (AvgIpc) is 2.95. The van der Waals surface area contributed by atoms with Gasteiger partial charge in [-0.25, -0.2) is 21.1 Å². The largest absolute Gasteiger partial charge is 0.325 e. The highest BCUT2D eigenvalue weighted by Gasteiger charge is 2.32. The van der Waals surface area contributed by atoms with Crippen LogP contribution in [0.1, 0.15) is 0 Å². The van der Waals surface area contributed by atoms with Gasteiger partial charge in [0, 0.05) is 11.8 Å². The quantitative estimate of drug-likeness (QED) is 0.171. The van der Waals surface area contributed by atoms with Crippen molar-refractivity contribution in [2.24, 2.45) is 0 Å². The number of nitrogens with one attached hydrogen (secondary N) is 2. The molecular weight excluding hydrogens is 615 g/mol. The van der Waals surface area contributed by atoms with E-state index in [-0.39, 0.29) is 36.9 Å². The molecule has 2 N–H and O–H groups in total. The standard InChI is InChI=1S/C26H20Cl2N4O7S2/c27-21-9-6-10-22(26(21)28)30-40(36,37)19-15-13-18(14-16-19)29-25(33)17-31(23-11-4-5-12-24(23)32(34)35)41(38,39)20-7-2-1-3-8-20/h1-16,30H,17H2,(H,29,33). The number of carbonyl (C=O) groups is 1. The van der Waals surface area contributed by atoms with Crippen LogP contribution in [-0.4, -0.2) is 34.2 Å². The Labute approximate surface area is 245 Å². The van der Waals surface area contributed by atoms with Crippen LogP contribution in [-0.2, 0) is 24.8 Å². The molecule has 11 nitrogen and oxygen atoms in total. The summed E-state index contributed by atoms with van der Waals surface area (Å²) >= 11 is 12.0. The fourth-order valence-corrected chi connectivity index (χ4v) is 6.62. The summed E-state index contributed by atoms with van der Waals surface area (Å²) in [7, 11) is -8.47. The Balaban J connectivity index is 1.58. The molecule has 0 radical (unpaired) electrons. The minimum absolute atomic E-state index is 0.0234. The van der Waals surface area contributed by atoms with Crippen LogP contribution in [0.25, 0.3) is 0 Å². The second-order valence-electron chi connectivity index (χ2n) is 8.35. The van der Waals surface area contributed by atoms with Crippen molar-refractivity contribution in [1.82, 2.24) is 0 Å². The molecule has 0 aliphatic carbocycles. The number of para-hydroxylation sites is 2. The zero-order valence-corrected chi connectivity index (χ0v) is 23.9. The molecule has 0 spiro atoms. The van der Waals surface area contributed by atoms with Crippen molar-refractivity contribution in [1.29, 1.82) is 0 Å². The second-order valence-corrected chi connectivity index (χ2v) is 12.7. The third kappa shape index (κ3) is 6.77. The third-order valence-corrected chi connectivity index (χ3v) is 9.58. The van der Waals surface area contributed by atoms with E-state index in [0.29, 0.717) is 4.31 Å². The fraction of sp³-hybridized carbons (Fsp3) is 0.0385. The highest BCUT2D eigenvalue weighted by Crippen LogP contribution is 2.33. The minimum Gasteiger partial charge on any atom is -0.325 e. The predicted molar refractivity (Wildman–Crippen MR) is 156 cm³/mol. The van der Waals surface area contributed by atoms with E-state index in [1.807, 2.05) is 0 Å². The molecule has 1 amide bonds. The molecule has 41 heavy (non-hydrogen) atoms. The Morgan fingerprint density at radius 1 is 0.805 bits per heavy atom. The maximum absolute atomic E-state index is 13.5. The summed E-state index contributed by atoms with van der Waals surface area (Å²) in [4.78, 5) is 23.6. The lowest BCUT2D eigenvalue weighted by molar-refractivity contribution is -0.384. The molecule has 0 bridgehead atoms. The monoisotopic (exact) mass is 634 g/mol. The van der Waals surface area contributed by atoms with Crippen molar-refractivity contribution in [3.8, 4) is 0 Å². The number of hydrogen-bond donors (Lipinski definition) is 2. The van der Waals surface area contributed by atoms with Gasteiger partial charge in [0.15, 0.2) is 0 Å². The average molecular weight is 636 g/mol. The van der Waals surface area contributed by atoms with Gasteiger partial charge in [-0.1, -0.05) is 59.6 Å². The molecule has 0 fully saturated rings. The molecule has 0 aliphatic heterocycles. The van der Waals surface area contributed by atoms with Gasteiger partial charge in [-0.15, -0.1) is 0 Å². The third-order valence-electron chi connectivity index (χ3n) is 5.61. The van der Waals surface area contributed by atoms with Crippen LogP contribution in [0.5, 0.6) is 0 Å². The predicted octanol–water partition coefficient (Wildman–Crippen LogP) is 5.54. The number of carbonyl (C=O) groups excluding carboxylic acids is 1. The Hall–Kier alpha value is -4.17. The molecule has 0 atom stereocenters. The van der Waals surface area contributed by atoms with Crippen molar-refractivity contribution in [3.05, 3.63) is 117 Å². The molecule has 0 saturated heterocycles. The van der Waals surface area contributed by atoms with Crippen molar-refractivity contribution in [2.75, 3.05) is 20.9 Å². The van der Waals surface area contributed by atoms with Crippen LogP contribution in [0.4, 0.5) is 22.7 Å². The number of rotatable bonds is 10. The molecule has 0 aliphatic rings. The van der Waals surface area contributed by atoms with E-state index in [4.69, 9.17) is 23.2 Å². The number of halogens is 2. The molecular formula is C26H20Cl2N4O7S2. The first kappa shape index (κ1) is 29.8. The summed E-state index contributed by atoms with van der Waals surface area (Å²) in [6, 6.07) is 21.8. The number of hydrogen-bond acceptors (Lipinski definition) is 7. The lowest BCUT2D eigenvalue weighted by atomic mass is 10.2. The van der Waals surface area contributed by atoms with Gasteiger partial charge in [0.1, 0.15) is 12.2 Å². The van der Waals surface area contributed by atoms with Gasteiger partial charge < -0.3 is 5.32 Å². The Morgan fingerprint density at radius 3 is 2.10 bits per heavy atom. The summed E-state index contributed by atoms with van der Waals surface area (Å²) in [6.45, 7) is -0.809. The van der Waals surface area contributed by atoms with Gasteiger partial charge in [-0.2, -0.15) is 0 Å². The number of nitro groups is 1. The normalized spacial score (nSPS) is 11.5. The van der Waals surface area contributed by atoms with Gasteiger partial charge in [0.25, 0.3) is 25.7 Å². The lowest BCUT2D eigenvalue weighted by Crippen LogP contribution is -2.38. The van der Waals surface area contributed by atoms with Crippen LogP contribution >= 0.6 is 23.2 Å². The van der Waals surface area contributed by atoms with Crippen molar-refractivity contribution < 1.29 is 26.6 Å². The van der Waals surface area contributed by atoms with Gasteiger partial charge in [-0.05, 0) is 54.6 Å². The first-order valence-electron chi connectivity index (χ1n) is 11.6. The summed E-state index contributed by atoms with van der Waals surface area (Å²) in [5.41, 5.74) is -0.592. The summed E-state index contributed by atoms with van der Waals surface area (Å²) in [5.74, 6) is -0.831. The van der Waals surface area contributed by atoms with Crippen LogP contribution in [0, 0.1) is 10.1 Å². The number of nitro benzene ring substituents is 1. The second kappa shape index (κ2) is 12.1. The van der Waals surface area contributed by atoms with E-state index in [0.717, 1.165) is 6.07 Å². The van der Waals surface area contributed by atoms with Crippen LogP contribution in [0.15, 0.2) is 107 Å². The zero-order valence-electron chi connectivity index (χ0n) is 20.8. The topological polar surface area (TPSA) is 156 Å². The zero-order chi connectivity index (χ0) is 29.8. The van der Waals surface area contributed by atoms with Gasteiger partial charge in [0.05, 0.1) is 30.4 Å². The SMILES string of the molecule is O=C(CN(c1ccccc1[N+](=O)[O-])S(=O)(=O)c1ccccc1)Nc1ccc(S(=O)(=O)Nc2cccc(Cl)c2Cl)cc1. The van der Waals surface area contributed by atoms with Crippen molar-refractivity contribution in [3.63, 3.8) is 0 Å². The maximum atomic E-state index is 13.5. The molecule has 15 heteroatoms. The Bertz CT molecular complexity index is 1820. The maximum Gasteiger partial charge on any atom is 0.293 e. The lowest BCUT2D eigenvalue weighted by Gasteiger charge is -2.23. The molecule has 0 heterocycles. The van der Waals surface area contributed by atoms with E-state index in [9.17, 15) is 31.7 Å². The highest BCUT2D eigenvalue weighted by atomic mass is 35.5. The van der Waals surface area contributed by atoms with Gasteiger partial charge in [-0.3, -0.25) is 19.6 Å². The number of amides is 1. The number of sulfonamides is 2. The van der Waals surface area contributed by atoms with Crippen LogP contribution in [0.2, 0.25) is 10.0 Å². The summed E-state index contributed by atoms with van der Waals surface area (Å²) < 4.78 is 55.5. The highest BCUT2D eigenvalue weighted by molar-refractivity contribution is 7.93. The smallest absolute Gasteiger partial charge is 0.293 e. The van der Waals surface area contributed by atoms with Crippen molar-refractivity contribution >= 4 is 71.9 Å². The van der Waals surface area contributed by atoms with Crippen molar-refractivity contribution in [2.45, 2.75) is 9.79 Å². The Kier molecular flexibility index (Phi) is 8.83. The molecule has 212 valence electrons. The van der Waals surface area contributed by atoms with E-state index in [1.54, 1.807) is 6.07 Å². The van der Waals surface area contributed by atoms with E-state index >= 15 is 0 Å². The van der Waals surface area contributed by atoms with Crippen LogP contribution in [0.3, 0.4) is 0 Å². The van der Waals surface area contributed by atoms with Gasteiger partial charge in [0.2, 0.25) is 5.91 Å². The van der Waals surface area contributed by atoms with E-state index < -0.39 is 43.1 Å². The van der Waals surface area contributed by atoms with Gasteiger partial charge >= 0.3 is 0 Å². The molecule has 0 saturated carbocycles.